The average molecular weight is 234 g/mol. The Morgan fingerprint density at radius 2 is 2.24 bits per heavy atom. The molecule has 1 heterocycles. The molecule has 1 aliphatic heterocycles. The predicted octanol–water partition coefficient (Wildman–Crippen LogP) is 1.62. The molecule has 1 aromatic carbocycles. The standard InChI is InChI=1S/C13H18N2O2/c1-9-5-6-10(14)8-12(9)17-11-4-2-3-7-15-13(11)16/h5-6,8,11H,2-4,7,14H2,1H3,(H,15,16). The number of carbonyl (C=O) groups excluding carboxylic acids is 1. The van der Waals surface area contributed by atoms with Gasteiger partial charge in [-0.05, 0) is 37.8 Å². The van der Waals surface area contributed by atoms with Crippen LogP contribution in [0.15, 0.2) is 18.2 Å². The molecule has 1 fully saturated rings. The maximum atomic E-state index is 11.7. The number of hydrogen-bond acceptors (Lipinski definition) is 3. The van der Waals surface area contributed by atoms with Gasteiger partial charge in [-0.15, -0.1) is 0 Å². The van der Waals surface area contributed by atoms with E-state index >= 15 is 0 Å². The van der Waals surface area contributed by atoms with Crippen LogP contribution in [-0.4, -0.2) is 18.6 Å². The second-order valence-electron chi connectivity index (χ2n) is 4.42. The number of ether oxygens (including phenoxy) is 1. The van der Waals surface area contributed by atoms with Gasteiger partial charge in [0.15, 0.2) is 6.10 Å². The zero-order valence-corrected chi connectivity index (χ0v) is 10.0. The number of carbonyl (C=O) groups is 1. The van der Waals surface area contributed by atoms with Crippen molar-refractivity contribution in [3.63, 3.8) is 0 Å². The highest BCUT2D eigenvalue weighted by Gasteiger charge is 2.22. The van der Waals surface area contributed by atoms with Gasteiger partial charge >= 0.3 is 0 Å². The Morgan fingerprint density at radius 3 is 3.06 bits per heavy atom. The molecule has 92 valence electrons. The SMILES string of the molecule is Cc1ccc(N)cc1OC1CCCCNC1=O. The van der Waals surface area contributed by atoms with E-state index in [0.29, 0.717) is 11.4 Å². The van der Waals surface area contributed by atoms with Gasteiger partial charge in [0.05, 0.1) is 0 Å². The Labute approximate surface area is 101 Å². The number of nitrogen functional groups attached to an aromatic ring is 1. The molecule has 1 unspecified atom stereocenters. The minimum Gasteiger partial charge on any atom is -0.480 e. The maximum Gasteiger partial charge on any atom is 0.261 e. The smallest absolute Gasteiger partial charge is 0.261 e. The fourth-order valence-electron chi connectivity index (χ4n) is 1.92. The van der Waals surface area contributed by atoms with Crippen LogP contribution in [0.1, 0.15) is 24.8 Å². The third-order valence-electron chi connectivity index (χ3n) is 2.97. The number of amides is 1. The van der Waals surface area contributed by atoms with Crippen LogP contribution in [0, 0.1) is 6.92 Å². The van der Waals surface area contributed by atoms with Gasteiger partial charge in [0, 0.05) is 18.3 Å². The molecule has 0 aromatic heterocycles. The van der Waals surface area contributed by atoms with Gasteiger partial charge in [-0.25, -0.2) is 0 Å². The first kappa shape index (κ1) is 11.8. The molecule has 0 aliphatic carbocycles. The monoisotopic (exact) mass is 234 g/mol. The van der Waals surface area contributed by atoms with Gasteiger partial charge in [-0.3, -0.25) is 4.79 Å². The molecule has 0 bridgehead atoms. The van der Waals surface area contributed by atoms with Crippen molar-refractivity contribution in [2.24, 2.45) is 0 Å². The molecule has 1 aromatic rings. The van der Waals surface area contributed by atoms with Gasteiger partial charge in [0.2, 0.25) is 0 Å². The normalized spacial score (nSPS) is 20.5. The number of anilines is 1. The molecule has 0 spiro atoms. The lowest BCUT2D eigenvalue weighted by molar-refractivity contribution is -0.127. The average Bonchev–Trinajstić information content (AvgIpc) is 2.50. The first-order valence-corrected chi connectivity index (χ1v) is 5.97. The lowest BCUT2D eigenvalue weighted by atomic mass is 10.1. The molecule has 1 atom stereocenters. The third-order valence-corrected chi connectivity index (χ3v) is 2.97. The summed E-state index contributed by atoms with van der Waals surface area (Å²) in [6.45, 7) is 2.69. The molecule has 0 saturated carbocycles. The predicted molar refractivity (Wildman–Crippen MR) is 66.9 cm³/mol. The van der Waals surface area contributed by atoms with Gasteiger partial charge in [0.1, 0.15) is 5.75 Å². The van der Waals surface area contributed by atoms with E-state index in [4.69, 9.17) is 10.5 Å². The molecule has 4 heteroatoms. The zero-order valence-electron chi connectivity index (χ0n) is 10.0. The molecule has 17 heavy (non-hydrogen) atoms. The number of nitrogens with two attached hydrogens (primary N) is 1. The van der Waals surface area contributed by atoms with E-state index in [2.05, 4.69) is 5.32 Å². The van der Waals surface area contributed by atoms with Gasteiger partial charge in [-0.1, -0.05) is 6.07 Å². The minimum absolute atomic E-state index is 0.0238. The van der Waals surface area contributed by atoms with Crippen LogP contribution in [0.2, 0.25) is 0 Å². The lowest BCUT2D eigenvalue weighted by Crippen LogP contribution is -2.36. The molecule has 1 aliphatic rings. The maximum absolute atomic E-state index is 11.7. The fourth-order valence-corrected chi connectivity index (χ4v) is 1.92. The minimum atomic E-state index is -0.391. The summed E-state index contributed by atoms with van der Waals surface area (Å²) in [5, 5.41) is 2.85. The van der Waals surface area contributed by atoms with Crippen molar-refractivity contribution < 1.29 is 9.53 Å². The van der Waals surface area contributed by atoms with Crippen LogP contribution >= 0.6 is 0 Å². The van der Waals surface area contributed by atoms with E-state index in [0.717, 1.165) is 31.4 Å². The van der Waals surface area contributed by atoms with Crippen LogP contribution in [0.4, 0.5) is 5.69 Å². The van der Waals surface area contributed by atoms with Gasteiger partial charge in [-0.2, -0.15) is 0 Å². The van der Waals surface area contributed by atoms with E-state index in [1.165, 1.54) is 0 Å². The van der Waals surface area contributed by atoms with E-state index in [9.17, 15) is 4.79 Å². The van der Waals surface area contributed by atoms with Crippen molar-refractivity contribution >= 4 is 11.6 Å². The van der Waals surface area contributed by atoms with Crippen molar-refractivity contribution in [1.29, 1.82) is 0 Å². The van der Waals surface area contributed by atoms with E-state index in [-0.39, 0.29) is 5.91 Å². The molecule has 3 N–H and O–H groups in total. The van der Waals surface area contributed by atoms with Crippen LogP contribution in [-0.2, 0) is 4.79 Å². The summed E-state index contributed by atoms with van der Waals surface area (Å²) in [5.74, 6) is 0.677. The largest absolute Gasteiger partial charge is 0.480 e. The number of aryl methyl sites for hydroxylation is 1. The van der Waals surface area contributed by atoms with E-state index < -0.39 is 6.10 Å². The molecule has 4 nitrogen and oxygen atoms in total. The second kappa shape index (κ2) is 5.08. The quantitative estimate of drug-likeness (QED) is 0.764. The summed E-state index contributed by atoms with van der Waals surface area (Å²) in [6, 6.07) is 5.50. The summed E-state index contributed by atoms with van der Waals surface area (Å²) >= 11 is 0. The number of benzene rings is 1. The Bertz CT molecular complexity index is 418. The highest BCUT2D eigenvalue weighted by atomic mass is 16.5. The van der Waals surface area contributed by atoms with Crippen LogP contribution in [0.3, 0.4) is 0 Å². The molecule has 1 saturated heterocycles. The Balaban J connectivity index is 2.13. The molecule has 0 radical (unpaired) electrons. The first-order chi connectivity index (χ1) is 8.16. The van der Waals surface area contributed by atoms with Crippen molar-refractivity contribution in [3.05, 3.63) is 23.8 Å². The van der Waals surface area contributed by atoms with Crippen LogP contribution < -0.4 is 15.8 Å². The van der Waals surface area contributed by atoms with Crippen molar-refractivity contribution in [2.45, 2.75) is 32.3 Å². The van der Waals surface area contributed by atoms with Crippen molar-refractivity contribution in [2.75, 3.05) is 12.3 Å². The summed E-state index contributed by atoms with van der Waals surface area (Å²) in [7, 11) is 0. The summed E-state index contributed by atoms with van der Waals surface area (Å²) in [6.07, 6.45) is 2.39. The number of rotatable bonds is 2. The van der Waals surface area contributed by atoms with Crippen molar-refractivity contribution in [3.8, 4) is 5.75 Å². The zero-order chi connectivity index (χ0) is 12.3. The second-order valence-corrected chi connectivity index (χ2v) is 4.42. The fraction of sp³-hybridized carbons (Fsp3) is 0.462. The highest BCUT2D eigenvalue weighted by molar-refractivity contribution is 5.81. The lowest BCUT2D eigenvalue weighted by Gasteiger charge is -2.17. The molecule has 1 amide bonds. The van der Waals surface area contributed by atoms with E-state index in [1.54, 1.807) is 6.07 Å². The van der Waals surface area contributed by atoms with Crippen LogP contribution in [0.25, 0.3) is 0 Å². The van der Waals surface area contributed by atoms with Gasteiger partial charge < -0.3 is 15.8 Å². The summed E-state index contributed by atoms with van der Waals surface area (Å²) in [4.78, 5) is 11.7. The topological polar surface area (TPSA) is 64.3 Å². The Kier molecular flexibility index (Phi) is 3.52. The Hall–Kier alpha value is -1.71. The summed E-state index contributed by atoms with van der Waals surface area (Å²) < 4.78 is 5.77. The summed E-state index contributed by atoms with van der Waals surface area (Å²) in [5.41, 5.74) is 7.37. The van der Waals surface area contributed by atoms with Crippen molar-refractivity contribution in [1.82, 2.24) is 5.32 Å². The third kappa shape index (κ3) is 2.90. The highest BCUT2D eigenvalue weighted by Crippen LogP contribution is 2.23. The van der Waals surface area contributed by atoms with E-state index in [1.807, 2.05) is 19.1 Å². The first-order valence-electron chi connectivity index (χ1n) is 5.97. The number of nitrogens with one attached hydrogen (secondary N) is 1. The number of hydrogen-bond donors (Lipinski definition) is 2. The Morgan fingerprint density at radius 1 is 1.41 bits per heavy atom. The molecular weight excluding hydrogens is 216 g/mol. The van der Waals surface area contributed by atoms with Gasteiger partial charge in [0.25, 0.3) is 5.91 Å². The van der Waals surface area contributed by atoms with Crippen LogP contribution in [0.5, 0.6) is 5.75 Å². The molecular formula is C13H18N2O2. The molecule has 2 rings (SSSR count).